The molecule has 1 atom stereocenters. The lowest BCUT2D eigenvalue weighted by molar-refractivity contribution is -0.138. The summed E-state index contributed by atoms with van der Waals surface area (Å²) in [5.74, 6) is -1.21. The van der Waals surface area contributed by atoms with E-state index in [4.69, 9.17) is 10.8 Å². The van der Waals surface area contributed by atoms with E-state index in [2.05, 4.69) is 10.2 Å². The number of rotatable bonds is 10. The molecule has 0 aliphatic heterocycles. The molecule has 0 radical (unpaired) electrons. The lowest BCUT2D eigenvalue weighted by atomic mass is 10.1. The van der Waals surface area contributed by atoms with Crippen LogP contribution in [0.15, 0.2) is 48.5 Å². The number of nitrogens with two attached hydrogens (primary N) is 1. The lowest BCUT2D eigenvalue weighted by Gasteiger charge is -2.24. The normalized spacial score (nSPS) is 14.6. The predicted octanol–water partition coefficient (Wildman–Crippen LogP) is 3.09. The first-order chi connectivity index (χ1) is 13.9. The number of aliphatic carboxylic acids is 1. The number of carbonyl (C=O) groups is 2. The van der Waals surface area contributed by atoms with Gasteiger partial charge in [0, 0.05) is 30.9 Å². The standard InChI is InChI=1S/C22H26FN3O3/c23-18-6-3-5-16(12-18)21(27)25-20-7-2-1-4-17(20)14-26(13-15-8-9-15)11-10-19(24)22(28)29/h1-7,12,15,19H,8-11,13-14,24H2,(H,25,27)(H,28,29). The Balaban J connectivity index is 1.70. The van der Waals surface area contributed by atoms with Gasteiger partial charge in [-0.05, 0) is 55.0 Å². The number of para-hydroxylation sites is 1. The van der Waals surface area contributed by atoms with E-state index in [1.807, 2.05) is 24.3 Å². The summed E-state index contributed by atoms with van der Waals surface area (Å²) in [6, 6.07) is 12.1. The molecule has 2 aromatic carbocycles. The monoisotopic (exact) mass is 399 g/mol. The fourth-order valence-electron chi connectivity index (χ4n) is 3.19. The molecule has 0 spiro atoms. The van der Waals surface area contributed by atoms with Crippen LogP contribution in [0.1, 0.15) is 35.2 Å². The van der Waals surface area contributed by atoms with Crippen molar-refractivity contribution < 1.29 is 19.1 Å². The molecule has 154 valence electrons. The molecule has 1 aliphatic carbocycles. The number of halogens is 1. The van der Waals surface area contributed by atoms with Crippen molar-refractivity contribution in [1.29, 1.82) is 0 Å². The van der Waals surface area contributed by atoms with Crippen molar-refractivity contribution >= 4 is 17.6 Å². The van der Waals surface area contributed by atoms with E-state index in [0.717, 1.165) is 12.1 Å². The van der Waals surface area contributed by atoms with Crippen molar-refractivity contribution in [3.05, 3.63) is 65.5 Å². The summed E-state index contributed by atoms with van der Waals surface area (Å²) >= 11 is 0. The Bertz CT molecular complexity index is 870. The maximum atomic E-state index is 13.4. The zero-order chi connectivity index (χ0) is 20.8. The molecule has 29 heavy (non-hydrogen) atoms. The summed E-state index contributed by atoms with van der Waals surface area (Å²) in [5, 5.41) is 11.9. The van der Waals surface area contributed by atoms with Gasteiger partial charge in [0.15, 0.2) is 0 Å². The van der Waals surface area contributed by atoms with E-state index in [1.54, 1.807) is 6.07 Å². The minimum absolute atomic E-state index is 0.252. The van der Waals surface area contributed by atoms with Gasteiger partial charge in [-0.1, -0.05) is 24.3 Å². The largest absolute Gasteiger partial charge is 0.480 e. The Kier molecular flexibility index (Phi) is 6.95. The van der Waals surface area contributed by atoms with Gasteiger partial charge in [-0.2, -0.15) is 0 Å². The third-order valence-electron chi connectivity index (χ3n) is 5.03. The highest BCUT2D eigenvalue weighted by Gasteiger charge is 2.25. The highest BCUT2D eigenvalue weighted by atomic mass is 19.1. The van der Waals surface area contributed by atoms with E-state index in [-0.39, 0.29) is 11.5 Å². The average Bonchev–Trinajstić information content (AvgIpc) is 3.51. The summed E-state index contributed by atoms with van der Waals surface area (Å²) in [6.45, 7) is 2.01. The molecule has 2 aromatic rings. The van der Waals surface area contributed by atoms with Crippen LogP contribution in [-0.2, 0) is 11.3 Å². The molecule has 3 rings (SSSR count). The Morgan fingerprint density at radius 3 is 2.66 bits per heavy atom. The topological polar surface area (TPSA) is 95.7 Å². The van der Waals surface area contributed by atoms with Gasteiger partial charge < -0.3 is 16.2 Å². The summed E-state index contributed by atoms with van der Waals surface area (Å²) < 4.78 is 13.4. The molecule has 0 heterocycles. The maximum absolute atomic E-state index is 13.4. The first-order valence-electron chi connectivity index (χ1n) is 9.78. The molecule has 1 saturated carbocycles. The van der Waals surface area contributed by atoms with Gasteiger partial charge in [0.2, 0.25) is 0 Å². The number of amides is 1. The molecular formula is C22H26FN3O3. The molecule has 0 saturated heterocycles. The summed E-state index contributed by atoms with van der Waals surface area (Å²) in [6.07, 6.45) is 2.72. The number of nitrogens with one attached hydrogen (secondary N) is 1. The molecule has 4 N–H and O–H groups in total. The van der Waals surface area contributed by atoms with Gasteiger partial charge in [-0.15, -0.1) is 0 Å². The molecule has 7 heteroatoms. The van der Waals surface area contributed by atoms with Crippen LogP contribution >= 0.6 is 0 Å². The lowest BCUT2D eigenvalue weighted by Crippen LogP contribution is -2.36. The van der Waals surface area contributed by atoms with Gasteiger partial charge in [-0.3, -0.25) is 14.5 Å². The van der Waals surface area contributed by atoms with Crippen molar-refractivity contribution in [2.24, 2.45) is 11.7 Å². The van der Waals surface area contributed by atoms with Crippen LogP contribution in [0, 0.1) is 11.7 Å². The zero-order valence-electron chi connectivity index (χ0n) is 16.2. The minimum atomic E-state index is -1.00. The Labute approximate surface area is 169 Å². The van der Waals surface area contributed by atoms with E-state index in [1.165, 1.54) is 31.0 Å². The highest BCUT2D eigenvalue weighted by molar-refractivity contribution is 6.04. The van der Waals surface area contributed by atoms with Crippen LogP contribution in [0.2, 0.25) is 0 Å². The van der Waals surface area contributed by atoms with Crippen molar-refractivity contribution in [3.63, 3.8) is 0 Å². The van der Waals surface area contributed by atoms with Crippen molar-refractivity contribution in [2.45, 2.75) is 31.8 Å². The zero-order valence-corrected chi connectivity index (χ0v) is 16.2. The molecule has 0 aromatic heterocycles. The number of hydrogen-bond acceptors (Lipinski definition) is 4. The molecule has 0 bridgehead atoms. The van der Waals surface area contributed by atoms with E-state index in [9.17, 15) is 14.0 Å². The van der Waals surface area contributed by atoms with Crippen LogP contribution in [0.4, 0.5) is 10.1 Å². The third-order valence-corrected chi connectivity index (χ3v) is 5.03. The van der Waals surface area contributed by atoms with Crippen LogP contribution in [0.5, 0.6) is 0 Å². The second kappa shape index (κ2) is 9.62. The van der Waals surface area contributed by atoms with Gasteiger partial charge in [-0.25, -0.2) is 4.39 Å². The molecule has 1 aliphatic rings. The number of benzene rings is 2. The van der Waals surface area contributed by atoms with Crippen molar-refractivity contribution in [1.82, 2.24) is 4.90 Å². The Hall–Kier alpha value is -2.77. The summed E-state index contributed by atoms with van der Waals surface area (Å²) in [5.41, 5.74) is 7.49. The first-order valence-corrected chi connectivity index (χ1v) is 9.78. The predicted molar refractivity (Wildman–Crippen MR) is 109 cm³/mol. The number of carboxylic acids is 1. The molecule has 1 amide bonds. The van der Waals surface area contributed by atoms with Gasteiger partial charge in [0.1, 0.15) is 11.9 Å². The van der Waals surface area contributed by atoms with Gasteiger partial charge >= 0.3 is 5.97 Å². The number of anilines is 1. The number of nitrogens with zero attached hydrogens (tertiary/aromatic N) is 1. The quantitative estimate of drug-likeness (QED) is 0.571. The van der Waals surface area contributed by atoms with Gasteiger partial charge in [0.05, 0.1) is 0 Å². The maximum Gasteiger partial charge on any atom is 0.320 e. The third kappa shape index (κ3) is 6.37. The minimum Gasteiger partial charge on any atom is -0.480 e. The molecular weight excluding hydrogens is 373 g/mol. The fourth-order valence-corrected chi connectivity index (χ4v) is 3.19. The number of carbonyl (C=O) groups excluding carboxylic acids is 1. The average molecular weight is 399 g/mol. The molecule has 1 unspecified atom stereocenters. The molecule has 1 fully saturated rings. The van der Waals surface area contributed by atoms with Crippen LogP contribution < -0.4 is 11.1 Å². The Morgan fingerprint density at radius 2 is 1.97 bits per heavy atom. The van der Waals surface area contributed by atoms with Crippen LogP contribution in [-0.4, -0.2) is 41.0 Å². The van der Waals surface area contributed by atoms with E-state index < -0.39 is 17.8 Å². The number of carboxylic acid groups (broad SMARTS) is 1. The second-order valence-corrected chi connectivity index (χ2v) is 7.53. The smallest absolute Gasteiger partial charge is 0.320 e. The SMILES string of the molecule is NC(CCN(Cc1ccccc1NC(=O)c1cccc(F)c1)CC1CC1)C(=O)O. The first kappa shape index (κ1) is 21.0. The van der Waals surface area contributed by atoms with Crippen LogP contribution in [0.25, 0.3) is 0 Å². The summed E-state index contributed by atoms with van der Waals surface area (Å²) in [4.78, 5) is 25.7. The van der Waals surface area contributed by atoms with Gasteiger partial charge in [0.25, 0.3) is 5.91 Å². The Morgan fingerprint density at radius 1 is 1.21 bits per heavy atom. The van der Waals surface area contributed by atoms with Crippen molar-refractivity contribution in [3.8, 4) is 0 Å². The number of hydrogen-bond donors (Lipinski definition) is 3. The molecule has 6 nitrogen and oxygen atoms in total. The summed E-state index contributed by atoms with van der Waals surface area (Å²) in [7, 11) is 0. The second-order valence-electron chi connectivity index (χ2n) is 7.53. The van der Waals surface area contributed by atoms with Crippen molar-refractivity contribution in [2.75, 3.05) is 18.4 Å². The van der Waals surface area contributed by atoms with E-state index in [0.29, 0.717) is 31.1 Å². The highest BCUT2D eigenvalue weighted by Crippen LogP contribution is 2.31. The van der Waals surface area contributed by atoms with Crippen LogP contribution in [0.3, 0.4) is 0 Å². The van der Waals surface area contributed by atoms with E-state index >= 15 is 0 Å². The fraction of sp³-hybridized carbons (Fsp3) is 0.364.